The highest BCUT2D eigenvalue weighted by Gasteiger charge is 2.22. The molecule has 0 saturated heterocycles. The molecule has 2 aromatic rings. The number of nitrogens with zero attached hydrogens (tertiary/aromatic N) is 2. The molecule has 6 heteroatoms. The molecule has 1 aromatic carbocycles. The van der Waals surface area contributed by atoms with Crippen LogP contribution in [0, 0.1) is 0 Å². The van der Waals surface area contributed by atoms with Crippen molar-refractivity contribution in [3.05, 3.63) is 63.9 Å². The quantitative estimate of drug-likeness (QED) is 0.649. The zero-order chi connectivity index (χ0) is 20.6. The lowest BCUT2D eigenvalue weighted by Crippen LogP contribution is -2.39. The van der Waals surface area contributed by atoms with Crippen LogP contribution in [0.2, 0.25) is 0 Å². The van der Waals surface area contributed by atoms with Crippen molar-refractivity contribution >= 4 is 22.0 Å². The number of carbonyl (C=O) groups is 1. The lowest BCUT2D eigenvalue weighted by atomic mass is 10.1. The number of hydrogen-bond donors (Lipinski definition) is 1. The van der Waals surface area contributed by atoms with Crippen LogP contribution in [0.1, 0.15) is 37.7 Å². The Hall–Kier alpha value is -1.92. The zero-order valence-corrected chi connectivity index (χ0v) is 18.4. The lowest BCUT2D eigenvalue weighted by Gasteiger charge is -2.27. The lowest BCUT2D eigenvalue weighted by molar-refractivity contribution is 0.0254. The average molecular weight is 449 g/mol. The summed E-state index contributed by atoms with van der Waals surface area (Å²) in [6, 6.07) is 13.9. The Kier molecular flexibility index (Phi) is 8.45. The molecule has 0 radical (unpaired) electrons. The first-order valence-electron chi connectivity index (χ1n) is 9.55. The Labute approximate surface area is 175 Å². The topological polar surface area (TPSA) is 62.7 Å². The Morgan fingerprint density at radius 3 is 2.36 bits per heavy atom. The Morgan fingerprint density at radius 1 is 1.07 bits per heavy atom. The van der Waals surface area contributed by atoms with Crippen LogP contribution < -0.4 is 0 Å². The molecule has 2 rings (SSSR count). The number of ether oxygens (including phenoxy) is 1. The maximum Gasteiger partial charge on any atom is 0.410 e. The zero-order valence-electron chi connectivity index (χ0n) is 16.8. The summed E-state index contributed by atoms with van der Waals surface area (Å²) in [6.07, 6.45) is 1.61. The number of aliphatic hydroxyl groups excluding tert-OH is 1. The molecule has 0 saturated carbocycles. The molecule has 1 amide bonds. The van der Waals surface area contributed by atoms with Crippen LogP contribution in [0.15, 0.2) is 46.9 Å². The van der Waals surface area contributed by atoms with Gasteiger partial charge in [-0.15, -0.1) is 0 Å². The molecule has 0 atom stereocenters. The van der Waals surface area contributed by atoms with Gasteiger partial charge in [0.15, 0.2) is 0 Å². The summed E-state index contributed by atoms with van der Waals surface area (Å²) in [5.41, 5.74) is 2.38. The number of hydrogen-bond acceptors (Lipinski definition) is 4. The predicted molar refractivity (Wildman–Crippen MR) is 114 cm³/mol. The fourth-order valence-corrected chi connectivity index (χ4v) is 3.20. The van der Waals surface area contributed by atoms with Gasteiger partial charge in [0.2, 0.25) is 0 Å². The minimum absolute atomic E-state index is 0.0765. The molecule has 0 unspecified atom stereocenters. The van der Waals surface area contributed by atoms with E-state index < -0.39 is 5.60 Å². The number of halogens is 1. The third kappa shape index (κ3) is 7.98. The molecule has 0 spiro atoms. The predicted octanol–water partition coefficient (Wildman–Crippen LogP) is 4.40. The van der Waals surface area contributed by atoms with E-state index in [9.17, 15) is 4.79 Å². The molecule has 5 nitrogen and oxygen atoms in total. The van der Waals surface area contributed by atoms with Crippen LogP contribution in [0.25, 0.3) is 0 Å². The third-order valence-electron chi connectivity index (χ3n) is 4.08. The largest absolute Gasteiger partial charge is 0.444 e. The highest BCUT2D eigenvalue weighted by Crippen LogP contribution is 2.15. The van der Waals surface area contributed by atoms with Gasteiger partial charge in [0, 0.05) is 48.4 Å². The van der Waals surface area contributed by atoms with E-state index >= 15 is 0 Å². The summed E-state index contributed by atoms with van der Waals surface area (Å²) in [5, 5.41) is 9.09. The Bertz CT molecular complexity index is 774. The second kappa shape index (κ2) is 10.6. The van der Waals surface area contributed by atoms with Gasteiger partial charge in [0.25, 0.3) is 0 Å². The Balaban J connectivity index is 2.04. The van der Waals surface area contributed by atoms with E-state index in [4.69, 9.17) is 9.84 Å². The highest BCUT2D eigenvalue weighted by atomic mass is 79.9. The van der Waals surface area contributed by atoms with Crippen LogP contribution in [-0.4, -0.2) is 46.4 Å². The number of aromatic nitrogens is 1. The summed E-state index contributed by atoms with van der Waals surface area (Å²) in [5.74, 6) is 0. The fourth-order valence-electron chi connectivity index (χ4n) is 2.75. The summed E-state index contributed by atoms with van der Waals surface area (Å²) in [7, 11) is 0. The van der Waals surface area contributed by atoms with Crippen LogP contribution in [0.4, 0.5) is 4.79 Å². The summed E-state index contributed by atoms with van der Waals surface area (Å²) < 4.78 is 6.61. The van der Waals surface area contributed by atoms with E-state index in [0.29, 0.717) is 25.9 Å². The molecule has 1 N–H and O–H groups in total. The van der Waals surface area contributed by atoms with Crippen molar-refractivity contribution < 1.29 is 14.6 Å². The molecule has 1 heterocycles. The second-order valence-electron chi connectivity index (χ2n) is 7.69. The van der Waals surface area contributed by atoms with Gasteiger partial charge in [0.1, 0.15) is 5.60 Å². The highest BCUT2D eigenvalue weighted by molar-refractivity contribution is 9.10. The van der Waals surface area contributed by atoms with Gasteiger partial charge in [0.05, 0.1) is 0 Å². The third-order valence-corrected chi connectivity index (χ3v) is 4.57. The van der Waals surface area contributed by atoms with Crippen molar-refractivity contribution in [2.24, 2.45) is 0 Å². The first-order valence-corrected chi connectivity index (χ1v) is 10.3. The molecule has 0 aliphatic carbocycles. The number of amides is 1. The average Bonchev–Trinajstić information content (AvgIpc) is 2.61. The van der Waals surface area contributed by atoms with Gasteiger partial charge in [-0.2, -0.15) is 0 Å². The molecule has 0 aliphatic rings. The van der Waals surface area contributed by atoms with Gasteiger partial charge >= 0.3 is 6.09 Å². The van der Waals surface area contributed by atoms with E-state index in [1.165, 1.54) is 0 Å². The smallest absolute Gasteiger partial charge is 0.410 e. The fraction of sp³-hybridized carbons (Fsp3) is 0.455. The summed E-state index contributed by atoms with van der Waals surface area (Å²) >= 11 is 3.49. The van der Waals surface area contributed by atoms with Gasteiger partial charge in [-0.25, -0.2) is 4.79 Å². The molecular formula is C22H29BrN2O3. The van der Waals surface area contributed by atoms with E-state index in [1.54, 1.807) is 4.90 Å². The van der Waals surface area contributed by atoms with Gasteiger partial charge in [-0.05, 0) is 57.0 Å². The first kappa shape index (κ1) is 22.4. The molecule has 0 aliphatic heterocycles. The standard InChI is InChI=1S/C22H29BrN2O3/c1-22(2,3)28-21(27)25(13-10-17-6-4-7-18(23)16-17)14-11-19-8-5-9-20(24-19)12-15-26/h4-9,16,26H,10-15H2,1-3H3. The maximum atomic E-state index is 12.7. The molecule has 0 fully saturated rings. The summed E-state index contributed by atoms with van der Waals surface area (Å²) in [4.78, 5) is 19.0. The molecule has 1 aromatic heterocycles. The van der Waals surface area contributed by atoms with E-state index in [0.717, 1.165) is 27.8 Å². The monoisotopic (exact) mass is 448 g/mol. The van der Waals surface area contributed by atoms with Crippen molar-refractivity contribution in [3.63, 3.8) is 0 Å². The number of benzene rings is 1. The van der Waals surface area contributed by atoms with Crippen molar-refractivity contribution in [1.82, 2.24) is 9.88 Å². The summed E-state index contributed by atoms with van der Waals surface area (Å²) in [6.45, 7) is 6.79. The van der Waals surface area contributed by atoms with Crippen LogP contribution in [0.3, 0.4) is 0 Å². The van der Waals surface area contributed by atoms with E-state index in [2.05, 4.69) is 33.0 Å². The number of pyridine rings is 1. The molecular weight excluding hydrogens is 420 g/mol. The van der Waals surface area contributed by atoms with Crippen molar-refractivity contribution in [2.45, 2.75) is 45.6 Å². The van der Waals surface area contributed by atoms with E-state index in [1.807, 2.05) is 51.1 Å². The van der Waals surface area contributed by atoms with Crippen molar-refractivity contribution in [1.29, 1.82) is 0 Å². The second-order valence-corrected chi connectivity index (χ2v) is 8.61. The molecule has 152 valence electrons. The van der Waals surface area contributed by atoms with Crippen molar-refractivity contribution in [3.8, 4) is 0 Å². The minimum atomic E-state index is -0.537. The molecule has 28 heavy (non-hydrogen) atoms. The minimum Gasteiger partial charge on any atom is -0.444 e. The van der Waals surface area contributed by atoms with Gasteiger partial charge < -0.3 is 14.7 Å². The van der Waals surface area contributed by atoms with Gasteiger partial charge in [-0.1, -0.05) is 34.1 Å². The number of aliphatic hydroxyl groups is 1. The van der Waals surface area contributed by atoms with Crippen LogP contribution in [-0.2, 0) is 24.0 Å². The number of carbonyl (C=O) groups excluding carboxylic acids is 1. The van der Waals surface area contributed by atoms with Crippen LogP contribution >= 0.6 is 15.9 Å². The Morgan fingerprint density at radius 2 is 1.71 bits per heavy atom. The van der Waals surface area contributed by atoms with Crippen LogP contribution in [0.5, 0.6) is 0 Å². The van der Waals surface area contributed by atoms with Gasteiger partial charge in [-0.3, -0.25) is 4.98 Å². The number of rotatable bonds is 8. The first-order chi connectivity index (χ1) is 13.3. The van der Waals surface area contributed by atoms with E-state index in [-0.39, 0.29) is 12.7 Å². The normalized spacial score (nSPS) is 11.3. The van der Waals surface area contributed by atoms with Crippen molar-refractivity contribution in [2.75, 3.05) is 19.7 Å². The maximum absolute atomic E-state index is 12.7. The molecule has 0 bridgehead atoms. The SMILES string of the molecule is CC(C)(C)OC(=O)N(CCc1cccc(Br)c1)CCc1cccc(CCO)n1.